The van der Waals surface area contributed by atoms with Gasteiger partial charge in [-0.3, -0.25) is 4.79 Å². The highest BCUT2D eigenvalue weighted by Gasteiger charge is 2.26. The highest BCUT2D eigenvalue weighted by Crippen LogP contribution is 2.34. The van der Waals surface area contributed by atoms with E-state index in [0.29, 0.717) is 11.7 Å². The molecule has 1 fully saturated rings. The maximum Gasteiger partial charge on any atom is 0.163 e. The van der Waals surface area contributed by atoms with Gasteiger partial charge in [0.15, 0.2) is 5.78 Å². The number of hydrogen-bond acceptors (Lipinski definition) is 3. The van der Waals surface area contributed by atoms with Gasteiger partial charge in [-0.1, -0.05) is 25.1 Å². The molecule has 0 spiro atoms. The molecule has 0 bridgehead atoms. The van der Waals surface area contributed by atoms with Gasteiger partial charge in [-0.25, -0.2) is 0 Å². The molecule has 1 aromatic carbocycles. The number of carbonyl (C=O) groups is 1. The fourth-order valence-corrected chi connectivity index (χ4v) is 3.30. The van der Waals surface area contributed by atoms with Crippen molar-refractivity contribution in [3.05, 3.63) is 29.8 Å². The first kappa shape index (κ1) is 12.7. The van der Waals surface area contributed by atoms with Gasteiger partial charge in [0.1, 0.15) is 0 Å². The van der Waals surface area contributed by atoms with Crippen LogP contribution in [-0.4, -0.2) is 23.7 Å². The van der Waals surface area contributed by atoms with Crippen molar-refractivity contribution in [2.45, 2.75) is 42.9 Å². The number of ketones is 1. The summed E-state index contributed by atoms with van der Waals surface area (Å²) in [6.45, 7) is 4.85. The third kappa shape index (κ3) is 2.90. The Balaban J connectivity index is 2.17. The van der Waals surface area contributed by atoms with Crippen molar-refractivity contribution in [3.8, 4) is 0 Å². The molecular formula is C14H18O2S. The Bertz CT molecular complexity index is 403. The van der Waals surface area contributed by atoms with Crippen LogP contribution >= 0.6 is 11.8 Å². The monoisotopic (exact) mass is 250 g/mol. The number of Topliss-reactive ketones (excluding diaryl/α,β-unsaturated/α-hetero) is 1. The van der Waals surface area contributed by atoms with E-state index in [2.05, 4.69) is 6.92 Å². The second-order valence-electron chi connectivity index (χ2n) is 4.29. The summed E-state index contributed by atoms with van der Waals surface area (Å²) in [4.78, 5) is 12.9. The summed E-state index contributed by atoms with van der Waals surface area (Å²) in [7, 11) is 0. The summed E-state index contributed by atoms with van der Waals surface area (Å²) in [5, 5.41) is 0.473. The molecule has 0 aromatic heterocycles. The quantitative estimate of drug-likeness (QED) is 0.764. The number of carbonyl (C=O) groups excluding carboxylic acids is 1. The predicted octanol–water partition coefficient (Wildman–Crippen LogP) is 3.55. The van der Waals surface area contributed by atoms with Crippen LogP contribution in [0.5, 0.6) is 0 Å². The van der Waals surface area contributed by atoms with Gasteiger partial charge >= 0.3 is 0 Å². The van der Waals surface area contributed by atoms with Crippen molar-refractivity contribution >= 4 is 17.5 Å². The topological polar surface area (TPSA) is 26.3 Å². The largest absolute Gasteiger partial charge is 0.377 e. The number of benzene rings is 1. The maximum atomic E-state index is 11.8. The Morgan fingerprint density at radius 2 is 2.24 bits per heavy atom. The van der Waals surface area contributed by atoms with Gasteiger partial charge < -0.3 is 4.74 Å². The third-order valence-electron chi connectivity index (χ3n) is 3.09. The van der Waals surface area contributed by atoms with Crippen molar-refractivity contribution < 1.29 is 9.53 Å². The Morgan fingerprint density at radius 1 is 1.47 bits per heavy atom. The molecule has 2 rings (SSSR count). The molecule has 0 aliphatic carbocycles. The molecular weight excluding hydrogens is 232 g/mol. The summed E-state index contributed by atoms with van der Waals surface area (Å²) < 4.78 is 5.56. The van der Waals surface area contributed by atoms with Gasteiger partial charge in [-0.15, -0.1) is 11.8 Å². The standard InChI is InChI=1S/C14H18O2S/c1-3-12(15)11-6-4-5-7-14(11)17-13-8-9-16-10(13)2/h4-7,10,13H,3,8-9H2,1-2H3. The smallest absolute Gasteiger partial charge is 0.163 e. The van der Waals surface area contributed by atoms with Crippen LogP contribution in [0.4, 0.5) is 0 Å². The number of rotatable bonds is 4. The first-order valence-electron chi connectivity index (χ1n) is 6.13. The minimum Gasteiger partial charge on any atom is -0.377 e. The Hall–Kier alpha value is -0.800. The third-order valence-corrected chi connectivity index (χ3v) is 4.63. The first-order valence-corrected chi connectivity index (χ1v) is 7.00. The summed E-state index contributed by atoms with van der Waals surface area (Å²) in [5.74, 6) is 0.222. The minimum absolute atomic E-state index is 0.222. The van der Waals surface area contributed by atoms with Gasteiger partial charge in [0, 0.05) is 28.7 Å². The highest BCUT2D eigenvalue weighted by atomic mass is 32.2. The molecule has 0 N–H and O–H groups in total. The highest BCUT2D eigenvalue weighted by molar-refractivity contribution is 8.00. The Kier molecular flexibility index (Phi) is 4.24. The van der Waals surface area contributed by atoms with Crippen LogP contribution < -0.4 is 0 Å². The summed E-state index contributed by atoms with van der Waals surface area (Å²) >= 11 is 1.78. The molecule has 0 radical (unpaired) electrons. The summed E-state index contributed by atoms with van der Waals surface area (Å²) in [5.41, 5.74) is 0.860. The first-order chi connectivity index (χ1) is 8.22. The van der Waals surface area contributed by atoms with E-state index in [-0.39, 0.29) is 11.9 Å². The second kappa shape index (κ2) is 5.69. The van der Waals surface area contributed by atoms with Crippen molar-refractivity contribution in [1.82, 2.24) is 0 Å². The van der Waals surface area contributed by atoms with Gasteiger partial charge in [-0.05, 0) is 19.4 Å². The van der Waals surface area contributed by atoms with E-state index in [1.54, 1.807) is 11.8 Å². The lowest BCUT2D eigenvalue weighted by Gasteiger charge is -2.15. The molecule has 2 atom stereocenters. The molecule has 92 valence electrons. The predicted molar refractivity (Wildman–Crippen MR) is 70.7 cm³/mol. The van der Waals surface area contributed by atoms with Crippen LogP contribution in [0.25, 0.3) is 0 Å². The molecule has 3 heteroatoms. The van der Waals surface area contributed by atoms with E-state index in [4.69, 9.17) is 4.74 Å². The molecule has 1 aliphatic heterocycles. The summed E-state index contributed by atoms with van der Waals surface area (Å²) in [6, 6.07) is 7.89. The zero-order valence-electron chi connectivity index (χ0n) is 10.3. The van der Waals surface area contributed by atoms with E-state index in [1.165, 1.54) is 0 Å². The van der Waals surface area contributed by atoms with Gasteiger partial charge in [0.25, 0.3) is 0 Å². The fraction of sp³-hybridized carbons (Fsp3) is 0.500. The molecule has 2 nitrogen and oxygen atoms in total. The zero-order valence-corrected chi connectivity index (χ0v) is 11.1. The van der Waals surface area contributed by atoms with Gasteiger partial charge in [0.05, 0.1) is 6.10 Å². The van der Waals surface area contributed by atoms with Gasteiger partial charge in [0.2, 0.25) is 0 Å². The lowest BCUT2D eigenvalue weighted by Crippen LogP contribution is -2.13. The van der Waals surface area contributed by atoms with Crippen LogP contribution in [0.2, 0.25) is 0 Å². The molecule has 1 aromatic rings. The van der Waals surface area contributed by atoms with Crippen LogP contribution in [0.1, 0.15) is 37.0 Å². The zero-order chi connectivity index (χ0) is 12.3. The van der Waals surface area contributed by atoms with Gasteiger partial charge in [-0.2, -0.15) is 0 Å². The van der Waals surface area contributed by atoms with Crippen LogP contribution in [0.3, 0.4) is 0 Å². The van der Waals surface area contributed by atoms with Crippen LogP contribution in [0, 0.1) is 0 Å². The Morgan fingerprint density at radius 3 is 2.88 bits per heavy atom. The fourth-order valence-electron chi connectivity index (χ4n) is 2.02. The molecule has 0 saturated carbocycles. The van der Waals surface area contributed by atoms with Crippen LogP contribution in [0.15, 0.2) is 29.2 Å². The lowest BCUT2D eigenvalue weighted by atomic mass is 10.1. The van der Waals surface area contributed by atoms with E-state index < -0.39 is 0 Å². The Labute approximate surface area is 107 Å². The normalized spacial score (nSPS) is 23.9. The van der Waals surface area contributed by atoms with E-state index >= 15 is 0 Å². The maximum absolute atomic E-state index is 11.8. The van der Waals surface area contributed by atoms with Crippen molar-refractivity contribution in [1.29, 1.82) is 0 Å². The molecule has 0 amide bonds. The molecule has 1 heterocycles. The molecule has 17 heavy (non-hydrogen) atoms. The van der Waals surface area contributed by atoms with E-state index in [1.807, 2.05) is 31.2 Å². The minimum atomic E-state index is 0.222. The van der Waals surface area contributed by atoms with Crippen molar-refractivity contribution in [2.75, 3.05) is 6.61 Å². The number of hydrogen-bond donors (Lipinski definition) is 0. The second-order valence-corrected chi connectivity index (χ2v) is 5.57. The number of thioether (sulfide) groups is 1. The van der Waals surface area contributed by atoms with Crippen molar-refractivity contribution in [3.63, 3.8) is 0 Å². The summed E-state index contributed by atoms with van der Waals surface area (Å²) in [6.07, 6.45) is 1.92. The molecule has 1 saturated heterocycles. The number of ether oxygens (including phenoxy) is 1. The average molecular weight is 250 g/mol. The van der Waals surface area contributed by atoms with Crippen molar-refractivity contribution in [2.24, 2.45) is 0 Å². The SMILES string of the molecule is CCC(=O)c1ccccc1SC1CCOC1C. The van der Waals surface area contributed by atoms with Crippen LogP contribution in [-0.2, 0) is 4.74 Å². The average Bonchev–Trinajstić information content (AvgIpc) is 2.75. The molecule has 1 aliphatic rings. The van der Waals surface area contributed by atoms with E-state index in [9.17, 15) is 4.79 Å². The lowest BCUT2D eigenvalue weighted by molar-refractivity contribution is 0.0985. The van der Waals surface area contributed by atoms with E-state index in [0.717, 1.165) is 23.5 Å². The molecule has 2 unspecified atom stereocenters.